The topological polar surface area (TPSA) is 185 Å². The number of fused-ring (bicyclic) bond motifs is 1. The standard InChI is InChI=1S/2C22H31NO2.C22H31NO.C16H16O3.2C6H15N.CH4/c2*1-16(2)23(17(3)4)13-12-20(19-8-6-5-7-9-19)21-14-18(15-24)10-11-22(21)25;1-16(2)23(17(3)4)14-13-20(19-9-7-6-8-10-19)21-15-18(5)11-12-22(21)24;17-10-11-6-7-15-14(8-11)13(9-16(18)19-15)12-4-2-1-3-5-12;2*1-5(2)7-6(3)4;/h2*5-11,14,16-17,20,24-25H,12-13,15H2,1-4H3;6-12,15-17,20,24H,13-14H2,1-5H3;1-8,13,16-18H,9-10H2;2*5-7H,1-4H3;1H4. The van der Waals surface area contributed by atoms with Crippen molar-refractivity contribution in [3.63, 3.8) is 0 Å². The second-order valence-electron chi connectivity index (χ2n) is 31.5. The molecule has 596 valence electrons. The third kappa shape index (κ3) is 32.7. The van der Waals surface area contributed by atoms with Crippen molar-refractivity contribution in [2.45, 2.75) is 289 Å². The molecule has 13 heteroatoms. The smallest absolute Gasteiger partial charge is 0.198 e. The van der Waals surface area contributed by atoms with Crippen molar-refractivity contribution in [1.29, 1.82) is 0 Å². The highest BCUT2D eigenvalue weighted by atomic mass is 16.6. The summed E-state index contributed by atoms with van der Waals surface area (Å²) in [7, 11) is 0. The molecule has 9 rings (SSSR count). The quantitative estimate of drug-likeness (QED) is 0.0216. The van der Waals surface area contributed by atoms with E-state index in [2.05, 4.69) is 237 Å². The third-order valence-electron chi connectivity index (χ3n) is 19.3. The van der Waals surface area contributed by atoms with E-state index < -0.39 is 6.29 Å². The first-order chi connectivity index (χ1) is 50.8. The zero-order valence-electron chi connectivity index (χ0n) is 69.1. The molecular formula is C95H143N5O8. The lowest BCUT2D eigenvalue weighted by Crippen LogP contribution is -2.38. The minimum absolute atomic E-state index is 0. The number of hydrogen-bond acceptors (Lipinski definition) is 13. The zero-order chi connectivity index (χ0) is 79.4. The van der Waals surface area contributed by atoms with E-state index in [9.17, 15) is 35.7 Å². The van der Waals surface area contributed by atoms with Crippen LogP contribution in [-0.4, -0.2) is 137 Å². The molecule has 0 radical (unpaired) electrons. The van der Waals surface area contributed by atoms with Crippen LogP contribution in [0.15, 0.2) is 194 Å². The molecule has 0 aromatic heterocycles. The van der Waals surface area contributed by atoms with Crippen LogP contribution >= 0.6 is 0 Å². The van der Waals surface area contributed by atoms with E-state index in [1.807, 2.05) is 103 Å². The molecule has 1 heterocycles. The van der Waals surface area contributed by atoms with Crippen LogP contribution in [-0.2, 0) is 19.8 Å². The number of rotatable bonds is 29. The second kappa shape index (κ2) is 49.7. The maximum absolute atomic E-state index is 10.5. The molecule has 0 amide bonds. The summed E-state index contributed by atoms with van der Waals surface area (Å²) >= 11 is 0. The number of aromatic hydroxyl groups is 3. The molecule has 9 N–H and O–H groups in total. The number of aliphatic hydroxyl groups is 4. The molecule has 5 unspecified atom stereocenters. The van der Waals surface area contributed by atoms with Crippen molar-refractivity contribution in [3.05, 3.63) is 261 Å². The van der Waals surface area contributed by atoms with Crippen LogP contribution < -0.4 is 15.4 Å². The Morgan fingerprint density at radius 2 is 0.657 bits per heavy atom. The number of phenols is 3. The number of nitrogens with zero attached hydrogens (tertiary/aromatic N) is 3. The molecule has 1 aliphatic rings. The highest BCUT2D eigenvalue weighted by molar-refractivity contribution is 5.48. The van der Waals surface area contributed by atoms with Crippen molar-refractivity contribution in [1.82, 2.24) is 25.3 Å². The molecule has 108 heavy (non-hydrogen) atoms. The summed E-state index contributed by atoms with van der Waals surface area (Å²) in [5.74, 6) is 2.22. The van der Waals surface area contributed by atoms with Crippen LogP contribution in [0.5, 0.6) is 23.0 Å². The lowest BCUT2D eigenvalue weighted by atomic mass is 9.85. The maximum atomic E-state index is 10.5. The normalized spacial score (nSPS) is 14.1. The number of benzene rings is 8. The monoisotopic (exact) mass is 1480 g/mol. The van der Waals surface area contributed by atoms with Gasteiger partial charge in [0.2, 0.25) is 0 Å². The Morgan fingerprint density at radius 1 is 0.370 bits per heavy atom. The third-order valence-corrected chi connectivity index (χ3v) is 19.3. The van der Waals surface area contributed by atoms with Crippen molar-refractivity contribution in [3.8, 4) is 23.0 Å². The first-order valence-electron chi connectivity index (χ1n) is 39.5. The van der Waals surface area contributed by atoms with Crippen LogP contribution in [0.1, 0.15) is 262 Å². The highest BCUT2D eigenvalue weighted by Gasteiger charge is 2.30. The molecule has 1 aliphatic heterocycles. The van der Waals surface area contributed by atoms with E-state index in [0.717, 1.165) is 83.4 Å². The largest absolute Gasteiger partial charge is 0.508 e. The number of aliphatic hydroxyl groups excluding tert-OH is 4. The van der Waals surface area contributed by atoms with Crippen LogP contribution in [0.2, 0.25) is 0 Å². The van der Waals surface area contributed by atoms with E-state index >= 15 is 0 Å². The van der Waals surface area contributed by atoms with Gasteiger partial charge in [0, 0.05) is 113 Å². The van der Waals surface area contributed by atoms with E-state index in [1.165, 1.54) is 22.3 Å². The van der Waals surface area contributed by atoms with Gasteiger partial charge in [-0.05, 0) is 210 Å². The van der Waals surface area contributed by atoms with Gasteiger partial charge in [-0.3, -0.25) is 14.7 Å². The fourth-order valence-corrected chi connectivity index (χ4v) is 14.6. The average molecular weight is 1480 g/mol. The van der Waals surface area contributed by atoms with Gasteiger partial charge in [0.25, 0.3) is 0 Å². The summed E-state index contributed by atoms with van der Waals surface area (Å²) in [6, 6.07) is 69.0. The van der Waals surface area contributed by atoms with Crippen molar-refractivity contribution >= 4 is 0 Å². The predicted octanol–water partition coefficient (Wildman–Crippen LogP) is 20.2. The number of aryl methyl sites for hydroxylation is 1. The molecule has 0 fully saturated rings. The first kappa shape index (κ1) is 94.8. The van der Waals surface area contributed by atoms with Gasteiger partial charge in [0.1, 0.15) is 23.0 Å². The van der Waals surface area contributed by atoms with E-state index in [0.29, 0.717) is 89.8 Å². The van der Waals surface area contributed by atoms with Gasteiger partial charge in [0.05, 0.1) is 19.8 Å². The SMILES string of the molecule is C.CC(C)N(CCC(c1ccccc1)c1cc(CO)ccc1O)C(C)C.CC(C)N(CCC(c1ccccc1)c1cc(CO)ccc1O)C(C)C.CC(C)NC(C)C.CC(C)NC(C)C.Cc1ccc(O)c(C(CCN(C(C)C)C(C)C)c2ccccc2)c1.OCc1ccc2c(c1)C(c1ccccc1)CC(O)O2. The summed E-state index contributed by atoms with van der Waals surface area (Å²) in [6.45, 7) is 49.0. The fourth-order valence-electron chi connectivity index (χ4n) is 14.6. The maximum Gasteiger partial charge on any atom is 0.198 e. The lowest BCUT2D eigenvalue weighted by Gasteiger charge is -2.32. The zero-order valence-corrected chi connectivity index (χ0v) is 69.1. The molecule has 8 aromatic rings. The number of hydrogen-bond donors (Lipinski definition) is 9. The van der Waals surface area contributed by atoms with E-state index in [-0.39, 0.29) is 50.9 Å². The Balaban J connectivity index is 0.000000352. The van der Waals surface area contributed by atoms with Gasteiger partial charge < -0.3 is 51.1 Å². The van der Waals surface area contributed by atoms with Crippen LogP contribution in [0.3, 0.4) is 0 Å². The molecule has 0 bridgehead atoms. The minimum Gasteiger partial charge on any atom is -0.508 e. The Kier molecular flexibility index (Phi) is 43.6. The van der Waals surface area contributed by atoms with Gasteiger partial charge in [-0.15, -0.1) is 0 Å². The molecule has 0 spiro atoms. The van der Waals surface area contributed by atoms with E-state index in [4.69, 9.17) is 4.74 Å². The summed E-state index contributed by atoms with van der Waals surface area (Å²) in [5, 5.41) is 76.0. The lowest BCUT2D eigenvalue weighted by molar-refractivity contribution is -0.0359. The Hall–Kier alpha value is -7.40. The predicted molar refractivity (Wildman–Crippen MR) is 456 cm³/mol. The summed E-state index contributed by atoms with van der Waals surface area (Å²) < 4.78 is 5.46. The molecule has 0 saturated heterocycles. The molecule has 5 atom stereocenters. The van der Waals surface area contributed by atoms with Gasteiger partial charge in [-0.25, -0.2) is 0 Å². The summed E-state index contributed by atoms with van der Waals surface area (Å²) in [6.07, 6.45) is 2.59. The van der Waals surface area contributed by atoms with E-state index in [1.54, 1.807) is 24.3 Å². The summed E-state index contributed by atoms with van der Waals surface area (Å²) in [5.41, 5.74) is 12.4. The minimum atomic E-state index is -0.780. The van der Waals surface area contributed by atoms with Crippen LogP contribution in [0.25, 0.3) is 0 Å². The number of phenolic OH excluding ortho intramolecular Hbond substituents is 3. The van der Waals surface area contributed by atoms with Gasteiger partial charge in [-0.2, -0.15) is 0 Å². The second-order valence-corrected chi connectivity index (χ2v) is 31.5. The molecule has 8 aromatic carbocycles. The van der Waals surface area contributed by atoms with Gasteiger partial charge in [-0.1, -0.05) is 220 Å². The Labute approximate surface area is 654 Å². The van der Waals surface area contributed by atoms with Crippen molar-refractivity contribution < 1.29 is 40.5 Å². The van der Waals surface area contributed by atoms with Crippen LogP contribution in [0, 0.1) is 6.92 Å². The molecule has 0 saturated carbocycles. The molecular weight excluding hydrogens is 1340 g/mol. The summed E-state index contributed by atoms with van der Waals surface area (Å²) in [4.78, 5) is 7.47. The Morgan fingerprint density at radius 3 is 0.954 bits per heavy atom. The van der Waals surface area contributed by atoms with Crippen molar-refractivity contribution in [2.24, 2.45) is 0 Å². The number of ether oxygens (including phenoxy) is 1. The molecule has 0 aliphatic carbocycles. The fraction of sp³-hybridized carbons (Fsp3) is 0.495. The van der Waals surface area contributed by atoms with Crippen molar-refractivity contribution in [2.75, 3.05) is 19.6 Å². The Bertz CT molecular complexity index is 3510. The average Bonchev–Trinajstić information content (AvgIpc) is 0.800. The van der Waals surface area contributed by atoms with Gasteiger partial charge >= 0.3 is 0 Å². The molecule has 13 nitrogen and oxygen atoms in total. The van der Waals surface area contributed by atoms with Gasteiger partial charge in [0.15, 0.2) is 6.29 Å². The number of nitrogens with one attached hydrogen (secondary N) is 2. The first-order valence-corrected chi connectivity index (χ1v) is 39.5. The van der Waals surface area contributed by atoms with Crippen LogP contribution in [0.4, 0.5) is 0 Å². The highest BCUT2D eigenvalue weighted by Crippen LogP contribution is 2.42.